The van der Waals surface area contributed by atoms with Gasteiger partial charge < -0.3 is 14.6 Å². The predicted molar refractivity (Wildman–Crippen MR) is 141 cm³/mol. The van der Waals surface area contributed by atoms with E-state index in [0.717, 1.165) is 16.5 Å². The van der Waals surface area contributed by atoms with Crippen LogP contribution in [0.4, 0.5) is 0 Å². The molecule has 0 radical (unpaired) electrons. The lowest BCUT2D eigenvalue weighted by Crippen LogP contribution is -2.28. The van der Waals surface area contributed by atoms with Gasteiger partial charge in [0.1, 0.15) is 12.3 Å². The number of carbonyl (C=O) groups excluding carboxylic acids is 2. The van der Waals surface area contributed by atoms with Gasteiger partial charge >= 0.3 is 5.97 Å². The van der Waals surface area contributed by atoms with Crippen LogP contribution in [-0.2, 0) is 33.0 Å². The molecule has 8 nitrogen and oxygen atoms in total. The summed E-state index contributed by atoms with van der Waals surface area (Å²) in [5.41, 5.74) is 3.73. The van der Waals surface area contributed by atoms with Crippen LogP contribution in [0.5, 0.6) is 0 Å². The zero-order chi connectivity index (χ0) is 26.7. The minimum Gasteiger partial charge on any atom is -0.460 e. The average Bonchev–Trinajstić information content (AvgIpc) is 3.20. The number of benzene rings is 2. The number of rotatable bonds is 8. The number of sulfone groups is 1. The molecule has 0 saturated carbocycles. The second-order valence-corrected chi connectivity index (χ2v) is 11.2. The molecule has 1 N–H and O–H groups in total. The van der Waals surface area contributed by atoms with Gasteiger partial charge in [-0.1, -0.05) is 23.7 Å². The third kappa shape index (κ3) is 6.00. The van der Waals surface area contributed by atoms with E-state index in [1.807, 2.05) is 19.1 Å². The van der Waals surface area contributed by atoms with Gasteiger partial charge in [-0.15, -0.1) is 0 Å². The van der Waals surface area contributed by atoms with Crippen molar-refractivity contribution in [2.45, 2.75) is 31.4 Å². The molecule has 0 saturated heterocycles. The Morgan fingerprint density at radius 3 is 2.43 bits per heavy atom. The first-order valence-corrected chi connectivity index (χ1v) is 13.5. The van der Waals surface area contributed by atoms with Crippen molar-refractivity contribution in [3.05, 3.63) is 94.4 Å². The van der Waals surface area contributed by atoms with Crippen molar-refractivity contribution in [3.8, 4) is 0 Å². The fourth-order valence-corrected chi connectivity index (χ4v) is 5.41. The Bertz CT molecular complexity index is 1570. The highest BCUT2D eigenvalue weighted by molar-refractivity contribution is 7.92. The van der Waals surface area contributed by atoms with Gasteiger partial charge in [0.25, 0.3) is 5.91 Å². The van der Waals surface area contributed by atoms with Gasteiger partial charge in [0.05, 0.1) is 21.5 Å². The predicted octanol–water partition coefficient (Wildman–Crippen LogP) is 4.54. The maximum Gasteiger partial charge on any atom is 0.321 e. The highest BCUT2D eigenvalue weighted by atomic mass is 35.5. The molecule has 192 valence electrons. The highest BCUT2D eigenvalue weighted by Gasteiger charge is 2.22. The summed E-state index contributed by atoms with van der Waals surface area (Å²) in [6.45, 7) is 3.71. The molecule has 0 bridgehead atoms. The summed E-state index contributed by atoms with van der Waals surface area (Å²) in [4.78, 5) is 29.0. The van der Waals surface area contributed by atoms with E-state index in [0.29, 0.717) is 21.8 Å². The van der Waals surface area contributed by atoms with E-state index in [2.05, 4.69) is 10.3 Å². The summed E-state index contributed by atoms with van der Waals surface area (Å²) in [6.07, 6.45) is 3.12. The number of aryl methyl sites for hydroxylation is 2. The number of fused-ring (bicyclic) bond motifs is 1. The van der Waals surface area contributed by atoms with Gasteiger partial charge in [-0.3, -0.25) is 14.6 Å². The Labute approximate surface area is 220 Å². The van der Waals surface area contributed by atoms with Gasteiger partial charge in [-0.2, -0.15) is 0 Å². The van der Waals surface area contributed by atoms with Crippen molar-refractivity contribution < 1.29 is 22.7 Å². The van der Waals surface area contributed by atoms with Crippen molar-refractivity contribution in [1.82, 2.24) is 14.9 Å². The normalized spacial score (nSPS) is 12.3. The van der Waals surface area contributed by atoms with Crippen molar-refractivity contribution in [2.24, 2.45) is 7.05 Å². The molecule has 2 aromatic carbocycles. The van der Waals surface area contributed by atoms with Crippen LogP contribution in [0.25, 0.3) is 10.9 Å². The zero-order valence-electron chi connectivity index (χ0n) is 20.6. The lowest BCUT2D eigenvalue weighted by molar-refractivity contribution is -0.141. The quantitative estimate of drug-likeness (QED) is 0.329. The van der Waals surface area contributed by atoms with Crippen LogP contribution in [0.1, 0.15) is 40.1 Å². The van der Waals surface area contributed by atoms with E-state index in [1.54, 1.807) is 61.3 Å². The summed E-state index contributed by atoms with van der Waals surface area (Å²) < 4.78 is 32.2. The monoisotopic (exact) mass is 539 g/mol. The minimum absolute atomic E-state index is 0.00525. The van der Waals surface area contributed by atoms with Crippen LogP contribution >= 0.6 is 11.6 Å². The molecule has 0 fully saturated rings. The molecule has 1 amide bonds. The summed E-state index contributed by atoms with van der Waals surface area (Å²) in [6, 6.07) is 14.6. The zero-order valence-corrected chi connectivity index (χ0v) is 22.1. The third-order valence-electron chi connectivity index (χ3n) is 6.03. The van der Waals surface area contributed by atoms with Gasteiger partial charge in [-0.25, -0.2) is 8.42 Å². The van der Waals surface area contributed by atoms with Gasteiger partial charge in [0.15, 0.2) is 15.6 Å². The number of hydrogen-bond acceptors (Lipinski definition) is 6. The molecule has 0 aliphatic heterocycles. The lowest BCUT2D eigenvalue weighted by atomic mass is 10.1. The van der Waals surface area contributed by atoms with E-state index in [-0.39, 0.29) is 17.4 Å². The van der Waals surface area contributed by atoms with Crippen LogP contribution in [0.2, 0.25) is 5.02 Å². The first kappa shape index (κ1) is 26.4. The van der Waals surface area contributed by atoms with Crippen LogP contribution in [0.15, 0.2) is 71.9 Å². The molecular formula is C27H26ClN3O5S. The van der Waals surface area contributed by atoms with Crippen molar-refractivity contribution in [2.75, 3.05) is 5.75 Å². The molecule has 37 heavy (non-hydrogen) atoms. The number of esters is 1. The number of hydrogen-bond donors (Lipinski definition) is 1. The molecular weight excluding hydrogens is 514 g/mol. The molecule has 1 atom stereocenters. The molecule has 2 heterocycles. The largest absolute Gasteiger partial charge is 0.460 e. The van der Waals surface area contributed by atoms with Crippen molar-refractivity contribution >= 4 is 44.2 Å². The van der Waals surface area contributed by atoms with Gasteiger partial charge in [-0.05, 0) is 73.0 Å². The molecule has 4 rings (SSSR count). The molecule has 10 heteroatoms. The first-order chi connectivity index (χ1) is 17.5. The molecule has 0 aliphatic carbocycles. The molecule has 2 aromatic heterocycles. The van der Waals surface area contributed by atoms with Crippen LogP contribution < -0.4 is 5.32 Å². The summed E-state index contributed by atoms with van der Waals surface area (Å²) in [5, 5.41) is 4.31. The van der Waals surface area contributed by atoms with E-state index < -0.39 is 27.6 Å². The number of pyridine rings is 1. The SMILES string of the molecule is Cc1cc(Cl)c2cc(C(=O)N[C@H](C)c3ccc(S(=O)(=O)CC(=O)OCc4ccncc4)cc3)n(C)c2c1. The van der Waals surface area contributed by atoms with Crippen LogP contribution in [0, 0.1) is 6.92 Å². The number of halogens is 1. The van der Waals surface area contributed by atoms with Crippen molar-refractivity contribution in [3.63, 3.8) is 0 Å². The standard InChI is InChI=1S/C27H26ClN3O5S/c1-17-12-23(28)22-14-25(31(3)24(22)13-17)27(33)30-18(2)20-4-6-21(7-5-20)37(34,35)16-26(32)36-15-19-8-10-29-11-9-19/h4-14,18H,15-16H2,1-3H3,(H,30,33)/t18-/m1/s1. The topological polar surface area (TPSA) is 107 Å². The fourth-order valence-electron chi connectivity index (χ4n) is 3.98. The number of aromatic nitrogens is 2. The number of amides is 1. The second kappa shape index (κ2) is 10.7. The highest BCUT2D eigenvalue weighted by Crippen LogP contribution is 2.28. The minimum atomic E-state index is -3.89. The van der Waals surface area contributed by atoms with E-state index >= 15 is 0 Å². The summed E-state index contributed by atoms with van der Waals surface area (Å²) in [7, 11) is -2.09. The number of nitrogens with zero attached hydrogens (tertiary/aromatic N) is 2. The van der Waals surface area contributed by atoms with Crippen molar-refractivity contribution in [1.29, 1.82) is 0 Å². The summed E-state index contributed by atoms with van der Waals surface area (Å²) in [5.74, 6) is -1.90. The molecule has 0 aliphatic rings. The average molecular weight is 540 g/mol. The Morgan fingerprint density at radius 2 is 1.76 bits per heavy atom. The van der Waals surface area contributed by atoms with Crippen LogP contribution in [0.3, 0.4) is 0 Å². The maximum absolute atomic E-state index is 13.0. The van der Waals surface area contributed by atoms with E-state index in [9.17, 15) is 18.0 Å². The smallest absolute Gasteiger partial charge is 0.321 e. The second-order valence-electron chi connectivity index (χ2n) is 8.81. The Morgan fingerprint density at radius 1 is 1.08 bits per heavy atom. The lowest BCUT2D eigenvalue weighted by Gasteiger charge is -2.15. The molecule has 4 aromatic rings. The van der Waals surface area contributed by atoms with E-state index in [1.165, 1.54) is 12.1 Å². The number of carbonyl (C=O) groups is 2. The Hall–Kier alpha value is -3.69. The Balaban J connectivity index is 1.40. The van der Waals surface area contributed by atoms with Gasteiger partial charge in [0, 0.05) is 24.8 Å². The number of nitrogens with one attached hydrogen (secondary N) is 1. The molecule has 0 spiro atoms. The molecule has 0 unspecified atom stereocenters. The van der Waals surface area contributed by atoms with Crippen LogP contribution in [-0.4, -0.2) is 35.6 Å². The van der Waals surface area contributed by atoms with E-state index in [4.69, 9.17) is 16.3 Å². The number of ether oxygens (including phenoxy) is 1. The van der Waals surface area contributed by atoms with Gasteiger partial charge in [0.2, 0.25) is 0 Å². The summed E-state index contributed by atoms with van der Waals surface area (Å²) >= 11 is 6.36. The Kier molecular flexibility index (Phi) is 7.65. The maximum atomic E-state index is 13.0. The fraction of sp³-hybridized carbons (Fsp3) is 0.222. The third-order valence-corrected chi connectivity index (χ3v) is 7.95. The first-order valence-electron chi connectivity index (χ1n) is 11.5.